The van der Waals surface area contributed by atoms with Crippen LogP contribution in [0.15, 0.2) is 36.5 Å². The summed E-state index contributed by atoms with van der Waals surface area (Å²) in [5.41, 5.74) is 4.58. The third-order valence-corrected chi connectivity index (χ3v) is 5.98. The van der Waals surface area contributed by atoms with Crippen molar-refractivity contribution in [3.63, 3.8) is 0 Å². The van der Waals surface area contributed by atoms with Crippen LogP contribution in [-0.4, -0.2) is 27.4 Å². The van der Waals surface area contributed by atoms with Gasteiger partial charge in [-0.15, -0.1) is 0 Å². The van der Waals surface area contributed by atoms with Gasteiger partial charge in [-0.05, 0) is 57.7 Å². The maximum Gasteiger partial charge on any atom is 0.411 e. The van der Waals surface area contributed by atoms with E-state index in [1.54, 1.807) is 11.3 Å². The number of nitrogens with zero attached hydrogens (tertiary/aromatic N) is 3. The van der Waals surface area contributed by atoms with Crippen LogP contribution >= 0.6 is 11.3 Å². The van der Waals surface area contributed by atoms with Crippen LogP contribution in [-0.2, 0) is 4.74 Å². The third-order valence-electron chi connectivity index (χ3n) is 5.05. The normalized spacial score (nSPS) is 14.5. The molecule has 0 unspecified atom stereocenters. The molecule has 0 bridgehead atoms. The van der Waals surface area contributed by atoms with Crippen LogP contribution in [0, 0.1) is 6.92 Å². The predicted molar refractivity (Wildman–Crippen MR) is 121 cm³/mol. The highest BCUT2D eigenvalue weighted by Gasteiger charge is 2.18. The van der Waals surface area contributed by atoms with Gasteiger partial charge in [0.2, 0.25) is 0 Å². The Kier molecular flexibility index (Phi) is 5.94. The smallest absolute Gasteiger partial charge is 0.411 e. The van der Waals surface area contributed by atoms with E-state index in [9.17, 15) is 4.79 Å². The number of amides is 1. The van der Waals surface area contributed by atoms with Gasteiger partial charge in [0, 0.05) is 11.3 Å². The number of carbonyl (C=O) groups is 1. The number of aryl methyl sites for hydroxylation is 1. The van der Waals surface area contributed by atoms with Crippen LogP contribution in [0.1, 0.15) is 44.7 Å². The van der Waals surface area contributed by atoms with Gasteiger partial charge in [-0.25, -0.2) is 9.78 Å². The second kappa shape index (κ2) is 8.79. The molecule has 0 aliphatic heterocycles. The van der Waals surface area contributed by atoms with Crippen LogP contribution in [0.25, 0.3) is 21.5 Å². The molecule has 7 nitrogen and oxygen atoms in total. The molecule has 4 rings (SSSR count). The number of aromatic nitrogens is 3. The van der Waals surface area contributed by atoms with E-state index in [-0.39, 0.29) is 6.10 Å². The molecule has 2 heterocycles. The summed E-state index contributed by atoms with van der Waals surface area (Å²) < 4.78 is 6.60. The fourth-order valence-electron chi connectivity index (χ4n) is 3.51. The van der Waals surface area contributed by atoms with Crippen LogP contribution in [0.4, 0.5) is 15.6 Å². The molecule has 2 N–H and O–H groups in total. The maximum absolute atomic E-state index is 12.3. The summed E-state index contributed by atoms with van der Waals surface area (Å²) in [6, 6.07) is 7.77. The summed E-state index contributed by atoms with van der Waals surface area (Å²) in [7, 11) is 0. The van der Waals surface area contributed by atoms with Gasteiger partial charge < -0.3 is 10.1 Å². The first kappa shape index (κ1) is 20.3. The van der Waals surface area contributed by atoms with E-state index in [0.29, 0.717) is 17.1 Å². The summed E-state index contributed by atoms with van der Waals surface area (Å²) in [6.45, 7) is 7.57. The van der Waals surface area contributed by atoms with Gasteiger partial charge in [-0.2, -0.15) is 10.2 Å². The Bertz CT molecular complexity index is 1090. The highest BCUT2D eigenvalue weighted by Crippen LogP contribution is 2.31. The highest BCUT2D eigenvalue weighted by atomic mass is 32.1. The molecule has 1 aromatic carbocycles. The molecular formula is C22H25N5O2S. The molecule has 156 valence electrons. The molecule has 1 fully saturated rings. The van der Waals surface area contributed by atoms with Gasteiger partial charge in [0.25, 0.3) is 0 Å². The molecule has 1 amide bonds. The number of rotatable bonds is 5. The molecule has 0 atom stereocenters. The number of ether oxygens (including phenoxy) is 1. The Labute approximate surface area is 179 Å². The number of fused-ring (bicyclic) bond motifs is 1. The average molecular weight is 424 g/mol. The second-order valence-electron chi connectivity index (χ2n) is 7.63. The molecule has 0 spiro atoms. The minimum absolute atomic E-state index is 0.00377. The maximum atomic E-state index is 12.3. The lowest BCUT2D eigenvalue weighted by Crippen LogP contribution is -2.24. The van der Waals surface area contributed by atoms with E-state index in [2.05, 4.69) is 32.4 Å². The van der Waals surface area contributed by atoms with Gasteiger partial charge >= 0.3 is 6.09 Å². The number of nitrogens with one attached hydrogen (secondary N) is 2. The number of carbonyl (C=O) groups excluding carboxylic acids is 1. The Morgan fingerprint density at radius 3 is 2.73 bits per heavy atom. The van der Waals surface area contributed by atoms with E-state index in [0.717, 1.165) is 52.3 Å². The Balaban J connectivity index is 1.53. The van der Waals surface area contributed by atoms with Gasteiger partial charge in [0.1, 0.15) is 6.10 Å². The largest absolute Gasteiger partial charge is 0.446 e. The molecule has 1 saturated carbocycles. The van der Waals surface area contributed by atoms with Gasteiger partial charge in [-0.3, -0.25) is 5.32 Å². The zero-order valence-electron chi connectivity index (χ0n) is 17.2. The van der Waals surface area contributed by atoms with Crippen molar-refractivity contribution in [2.75, 3.05) is 10.6 Å². The molecule has 8 heteroatoms. The van der Waals surface area contributed by atoms with Crippen molar-refractivity contribution in [3.05, 3.63) is 42.2 Å². The monoisotopic (exact) mass is 423 g/mol. The topological polar surface area (TPSA) is 89.0 Å². The summed E-state index contributed by atoms with van der Waals surface area (Å²) in [5, 5.41) is 15.3. The SMILES string of the molecule is C=C(C)Nc1nc2ccc(-c3cc(NC(=O)OC4CCCCC4)c(C)nn3)cc2s1. The summed E-state index contributed by atoms with van der Waals surface area (Å²) >= 11 is 1.55. The minimum atomic E-state index is -0.433. The molecule has 0 radical (unpaired) electrons. The molecule has 0 saturated heterocycles. The van der Waals surface area contributed by atoms with Crippen LogP contribution in [0.2, 0.25) is 0 Å². The molecule has 3 aromatic rings. The lowest BCUT2D eigenvalue weighted by molar-refractivity contribution is 0.0865. The average Bonchev–Trinajstić information content (AvgIpc) is 3.11. The number of anilines is 2. The van der Waals surface area contributed by atoms with Crippen molar-refractivity contribution < 1.29 is 9.53 Å². The van der Waals surface area contributed by atoms with E-state index >= 15 is 0 Å². The quantitative estimate of drug-likeness (QED) is 0.532. The molecule has 30 heavy (non-hydrogen) atoms. The number of allylic oxidation sites excluding steroid dienone is 1. The van der Waals surface area contributed by atoms with E-state index in [4.69, 9.17) is 4.74 Å². The molecule has 1 aliphatic rings. The standard InChI is InChI=1S/C22H25N5O2S/c1-13(2)23-21-24-17-10-9-15(11-20(17)30-21)19-12-18(14(3)26-27-19)25-22(28)29-16-7-5-4-6-8-16/h9-12,16H,1,4-8H2,2-3H3,(H,23,24)(H,25,27,28). The molecule has 1 aliphatic carbocycles. The summed E-state index contributed by atoms with van der Waals surface area (Å²) in [4.78, 5) is 16.9. The summed E-state index contributed by atoms with van der Waals surface area (Å²) in [5.74, 6) is 0. The molecular weight excluding hydrogens is 398 g/mol. The van der Waals surface area contributed by atoms with Crippen molar-refractivity contribution in [2.45, 2.75) is 52.1 Å². The predicted octanol–water partition coefficient (Wildman–Crippen LogP) is 5.89. The number of hydrogen-bond donors (Lipinski definition) is 2. The molecule has 2 aromatic heterocycles. The lowest BCUT2D eigenvalue weighted by atomic mass is 9.98. The Morgan fingerprint density at radius 2 is 1.97 bits per heavy atom. The first-order chi connectivity index (χ1) is 14.5. The van der Waals surface area contributed by atoms with Crippen molar-refractivity contribution in [2.24, 2.45) is 0 Å². The van der Waals surface area contributed by atoms with Crippen molar-refractivity contribution >= 4 is 38.5 Å². The fraction of sp³-hybridized carbons (Fsp3) is 0.364. The van der Waals surface area contributed by atoms with Crippen molar-refractivity contribution in [1.29, 1.82) is 0 Å². The number of benzene rings is 1. The lowest BCUT2D eigenvalue weighted by Gasteiger charge is -2.22. The second-order valence-corrected chi connectivity index (χ2v) is 8.66. The number of thiazole rings is 1. The minimum Gasteiger partial charge on any atom is -0.446 e. The summed E-state index contributed by atoms with van der Waals surface area (Å²) in [6.07, 6.45) is 4.88. The van der Waals surface area contributed by atoms with Crippen molar-refractivity contribution in [3.8, 4) is 11.3 Å². The first-order valence-corrected chi connectivity index (χ1v) is 10.9. The Hall–Kier alpha value is -3.00. The van der Waals surface area contributed by atoms with Gasteiger partial charge in [0.15, 0.2) is 5.13 Å². The number of hydrogen-bond acceptors (Lipinski definition) is 7. The van der Waals surface area contributed by atoms with E-state index in [1.807, 2.05) is 38.1 Å². The van der Waals surface area contributed by atoms with Crippen LogP contribution in [0.3, 0.4) is 0 Å². The van der Waals surface area contributed by atoms with Crippen molar-refractivity contribution in [1.82, 2.24) is 15.2 Å². The van der Waals surface area contributed by atoms with Gasteiger partial charge in [-0.1, -0.05) is 30.4 Å². The van der Waals surface area contributed by atoms with Gasteiger partial charge in [0.05, 0.1) is 27.3 Å². The van der Waals surface area contributed by atoms with Crippen LogP contribution < -0.4 is 10.6 Å². The third kappa shape index (κ3) is 4.76. The first-order valence-electron chi connectivity index (χ1n) is 10.1. The van der Waals surface area contributed by atoms with E-state index in [1.165, 1.54) is 6.42 Å². The van der Waals surface area contributed by atoms with E-state index < -0.39 is 6.09 Å². The Morgan fingerprint density at radius 1 is 1.17 bits per heavy atom. The zero-order chi connectivity index (χ0) is 21.1. The highest BCUT2D eigenvalue weighted by molar-refractivity contribution is 7.22. The fourth-order valence-corrected chi connectivity index (χ4v) is 4.50. The zero-order valence-corrected chi connectivity index (χ0v) is 18.0. The van der Waals surface area contributed by atoms with Crippen LogP contribution in [0.5, 0.6) is 0 Å².